The zero-order valence-corrected chi connectivity index (χ0v) is 9.78. The maximum Gasteiger partial charge on any atom is 0.118 e. The van der Waals surface area contributed by atoms with Crippen LogP contribution in [0, 0.1) is 5.92 Å². The molecule has 0 aliphatic carbocycles. The summed E-state index contributed by atoms with van der Waals surface area (Å²) in [7, 11) is 1.69. The number of ether oxygens (including phenoxy) is 1. The molecule has 1 heterocycles. The molecule has 2 rings (SSSR count). The van der Waals surface area contributed by atoms with Gasteiger partial charge in [-0.15, -0.1) is 0 Å². The standard InChI is InChI=1S/C13H20N2O/c1-16-12-4-2-10(3-5-12)13(8-14)11-6-7-15-9-11/h2-5,11,13,15H,6-9,14H2,1H3. The molecule has 88 valence electrons. The number of methoxy groups -OCH3 is 1. The van der Waals surface area contributed by atoms with E-state index in [0.717, 1.165) is 25.4 Å². The second kappa shape index (κ2) is 5.32. The van der Waals surface area contributed by atoms with Gasteiger partial charge in [-0.25, -0.2) is 0 Å². The second-order valence-electron chi connectivity index (χ2n) is 4.37. The first-order valence-electron chi connectivity index (χ1n) is 5.90. The van der Waals surface area contributed by atoms with Gasteiger partial charge < -0.3 is 15.8 Å². The van der Waals surface area contributed by atoms with Gasteiger partial charge in [0.2, 0.25) is 0 Å². The first kappa shape index (κ1) is 11.4. The van der Waals surface area contributed by atoms with E-state index >= 15 is 0 Å². The molecule has 2 unspecified atom stereocenters. The van der Waals surface area contributed by atoms with Crippen LogP contribution in [-0.2, 0) is 0 Å². The Balaban J connectivity index is 2.12. The monoisotopic (exact) mass is 220 g/mol. The summed E-state index contributed by atoms with van der Waals surface area (Å²) in [5.74, 6) is 2.06. The zero-order valence-electron chi connectivity index (χ0n) is 9.78. The number of nitrogens with one attached hydrogen (secondary N) is 1. The lowest BCUT2D eigenvalue weighted by Gasteiger charge is -2.21. The Kier molecular flexibility index (Phi) is 3.80. The third-order valence-corrected chi connectivity index (χ3v) is 3.47. The smallest absolute Gasteiger partial charge is 0.118 e. The lowest BCUT2D eigenvalue weighted by atomic mass is 9.85. The molecule has 0 spiro atoms. The summed E-state index contributed by atoms with van der Waals surface area (Å²) in [6, 6.07) is 8.30. The first-order valence-corrected chi connectivity index (χ1v) is 5.90. The molecule has 1 aliphatic rings. The van der Waals surface area contributed by atoms with Gasteiger partial charge in [0.1, 0.15) is 5.75 Å². The predicted octanol–water partition coefficient (Wildman–Crippen LogP) is 1.35. The van der Waals surface area contributed by atoms with Crippen LogP contribution in [0.4, 0.5) is 0 Å². The van der Waals surface area contributed by atoms with Crippen molar-refractivity contribution in [2.75, 3.05) is 26.7 Å². The highest BCUT2D eigenvalue weighted by Gasteiger charge is 2.24. The fourth-order valence-electron chi connectivity index (χ4n) is 2.47. The van der Waals surface area contributed by atoms with Crippen molar-refractivity contribution < 1.29 is 4.74 Å². The Bertz CT molecular complexity index is 317. The summed E-state index contributed by atoms with van der Waals surface area (Å²) in [5.41, 5.74) is 7.23. The third kappa shape index (κ3) is 2.36. The van der Waals surface area contributed by atoms with Crippen LogP contribution < -0.4 is 15.8 Å². The highest BCUT2D eigenvalue weighted by atomic mass is 16.5. The average molecular weight is 220 g/mol. The van der Waals surface area contributed by atoms with Crippen molar-refractivity contribution in [3.63, 3.8) is 0 Å². The summed E-state index contributed by atoms with van der Waals surface area (Å²) < 4.78 is 5.16. The SMILES string of the molecule is COc1ccc(C(CN)C2CCNC2)cc1. The molecule has 1 fully saturated rings. The lowest BCUT2D eigenvalue weighted by Crippen LogP contribution is -2.23. The van der Waals surface area contributed by atoms with Crippen LogP contribution in [0.25, 0.3) is 0 Å². The Morgan fingerprint density at radius 1 is 1.44 bits per heavy atom. The molecule has 2 atom stereocenters. The summed E-state index contributed by atoms with van der Waals surface area (Å²) in [5, 5.41) is 3.40. The van der Waals surface area contributed by atoms with Gasteiger partial charge in [0.05, 0.1) is 7.11 Å². The van der Waals surface area contributed by atoms with Crippen molar-refractivity contribution in [3.05, 3.63) is 29.8 Å². The minimum Gasteiger partial charge on any atom is -0.497 e. The van der Waals surface area contributed by atoms with Crippen molar-refractivity contribution in [1.29, 1.82) is 0 Å². The molecular formula is C13H20N2O. The molecule has 0 bridgehead atoms. The molecule has 16 heavy (non-hydrogen) atoms. The quantitative estimate of drug-likeness (QED) is 0.805. The Morgan fingerprint density at radius 3 is 2.69 bits per heavy atom. The molecule has 0 aromatic heterocycles. The van der Waals surface area contributed by atoms with Gasteiger partial charge in [0.15, 0.2) is 0 Å². The first-order chi connectivity index (χ1) is 7.85. The lowest BCUT2D eigenvalue weighted by molar-refractivity contribution is 0.413. The second-order valence-corrected chi connectivity index (χ2v) is 4.37. The molecule has 1 aromatic rings. The van der Waals surface area contributed by atoms with Crippen LogP contribution in [0.2, 0.25) is 0 Å². The van der Waals surface area contributed by atoms with Gasteiger partial charge in [-0.2, -0.15) is 0 Å². The van der Waals surface area contributed by atoms with Gasteiger partial charge in [-0.05, 0) is 49.7 Å². The third-order valence-electron chi connectivity index (χ3n) is 3.47. The minimum atomic E-state index is 0.473. The number of hydrogen-bond acceptors (Lipinski definition) is 3. The predicted molar refractivity (Wildman–Crippen MR) is 65.8 cm³/mol. The fourth-order valence-corrected chi connectivity index (χ4v) is 2.47. The summed E-state index contributed by atoms with van der Waals surface area (Å²) in [6.07, 6.45) is 1.23. The minimum absolute atomic E-state index is 0.473. The van der Waals surface area contributed by atoms with Crippen molar-refractivity contribution in [2.45, 2.75) is 12.3 Å². The molecule has 0 saturated carbocycles. The maximum atomic E-state index is 5.90. The fraction of sp³-hybridized carbons (Fsp3) is 0.538. The van der Waals surface area contributed by atoms with E-state index in [9.17, 15) is 0 Å². The maximum absolute atomic E-state index is 5.90. The number of rotatable bonds is 4. The van der Waals surface area contributed by atoms with Crippen LogP contribution >= 0.6 is 0 Å². The van der Waals surface area contributed by atoms with Crippen LogP contribution in [-0.4, -0.2) is 26.7 Å². The van der Waals surface area contributed by atoms with E-state index in [2.05, 4.69) is 17.4 Å². The average Bonchev–Trinajstić information content (AvgIpc) is 2.85. The molecule has 1 aromatic carbocycles. The van der Waals surface area contributed by atoms with E-state index in [4.69, 9.17) is 10.5 Å². The Labute approximate surface area is 97.0 Å². The topological polar surface area (TPSA) is 47.3 Å². The van der Waals surface area contributed by atoms with E-state index in [-0.39, 0.29) is 0 Å². The number of benzene rings is 1. The Hall–Kier alpha value is -1.06. The van der Waals surface area contributed by atoms with Crippen molar-refractivity contribution in [1.82, 2.24) is 5.32 Å². The molecular weight excluding hydrogens is 200 g/mol. The van der Waals surface area contributed by atoms with E-state index in [0.29, 0.717) is 11.8 Å². The van der Waals surface area contributed by atoms with Crippen LogP contribution in [0.1, 0.15) is 17.9 Å². The van der Waals surface area contributed by atoms with Gasteiger partial charge >= 0.3 is 0 Å². The number of hydrogen-bond donors (Lipinski definition) is 2. The molecule has 3 nitrogen and oxygen atoms in total. The van der Waals surface area contributed by atoms with Gasteiger partial charge in [-0.1, -0.05) is 12.1 Å². The van der Waals surface area contributed by atoms with Crippen molar-refractivity contribution in [3.8, 4) is 5.75 Å². The molecule has 0 radical (unpaired) electrons. The summed E-state index contributed by atoms with van der Waals surface area (Å²) in [6.45, 7) is 2.93. The summed E-state index contributed by atoms with van der Waals surface area (Å²) >= 11 is 0. The molecule has 1 saturated heterocycles. The van der Waals surface area contributed by atoms with Gasteiger partial charge in [0, 0.05) is 5.92 Å². The Morgan fingerprint density at radius 2 is 2.19 bits per heavy atom. The van der Waals surface area contributed by atoms with E-state index in [1.54, 1.807) is 7.11 Å². The van der Waals surface area contributed by atoms with E-state index < -0.39 is 0 Å². The normalized spacial score (nSPS) is 22.0. The van der Waals surface area contributed by atoms with Crippen molar-refractivity contribution in [2.24, 2.45) is 11.7 Å². The number of nitrogens with two attached hydrogens (primary N) is 1. The van der Waals surface area contributed by atoms with Gasteiger partial charge in [0.25, 0.3) is 0 Å². The largest absolute Gasteiger partial charge is 0.497 e. The highest BCUT2D eigenvalue weighted by molar-refractivity contribution is 5.30. The molecule has 3 N–H and O–H groups in total. The molecule has 0 amide bonds. The van der Waals surface area contributed by atoms with Crippen LogP contribution in [0.3, 0.4) is 0 Å². The van der Waals surface area contributed by atoms with Crippen molar-refractivity contribution >= 4 is 0 Å². The highest BCUT2D eigenvalue weighted by Crippen LogP contribution is 2.29. The molecule has 3 heteroatoms. The van der Waals surface area contributed by atoms with Gasteiger partial charge in [-0.3, -0.25) is 0 Å². The van der Waals surface area contributed by atoms with Crippen LogP contribution in [0.15, 0.2) is 24.3 Å². The summed E-state index contributed by atoms with van der Waals surface area (Å²) in [4.78, 5) is 0. The van der Waals surface area contributed by atoms with E-state index in [1.165, 1.54) is 12.0 Å². The van der Waals surface area contributed by atoms with E-state index in [1.807, 2.05) is 12.1 Å². The van der Waals surface area contributed by atoms with Crippen LogP contribution in [0.5, 0.6) is 5.75 Å². The molecule has 1 aliphatic heterocycles. The zero-order chi connectivity index (χ0) is 11.4.